The zero-order chi connectivity index (χ0) is 76.9. The predicted molar refractivity (Wildman–Crippen MR) is 491 cm³/mol. The molecular formula is C105H84B3N7. The highest BCUT2D eigenvalue weighted by atomic mass is 15.2. The summed E-state index contributed by atoms with van der Waals surface area (Å²) in [7, 11) is 0. The monoisotopic (exact) mass is 1480 g/mol. The van der Waals surface area contributed by atoms with Crippen LogP contribution in [0.15, 0.2) is 376 Å². The van der Waals surface area contributed by atoms with Gasteiger partial charge in [0, 0.05) is 124 Å². The summed E-state index contributed by atoms with van der Waals surface area (Å²) in [6, 6.07) is 137. The largest absolute Gasteiger partial charge is 0.376 e. The molecule has 10 heteroatoms. The van der Waals surface area contributed by atoms with Crippen molar-refractivity contribution in [3.05, 3.63) is 376 Å². The van der Waals surface area contributed by atoms with Crippen molar-refractivity contribution in [3.8, 4) is 89.0 Å². The lowest BCUT2D eigenvalue weighted by Crippen LogP contribution is -2.68. The van der Waals surface area contributed by atoms with E-state index in [4.69, 9.17) is 0 Å². The second kappa shape index (κ2) is 28.3. The zero-order valence-corrected chi connectivity index (χ0v) is 65.0. The quantitative estimate of drug-likeness (QED) is 0.102. The van der Waals surface area contributed by atoms with Crippen LogP contribution >= 0.6 is 0 Å². The summed E-state index contributed by atoms with van der Waals surface area (Å²) in [5, 5.41) is 15.2. The summed E-state index contributed by atoms with van der Waals surface area (Å²) in [5.41, 5.74) is 42.6. The van der Waals surface area contributed by atoms with Crippen molar-refractivity contribution < 1.29 is 0 Å². The third-order valence-corrected chi connectivity index (χ3v) is 24.6. The van der Waals surface area contributed by atoms with Gasteiger partial charge in [-0.15, -0.1) is 0 Å². The van der Waals surface area contributed by atoms with Crippen LogP contribution in [0.25, 0.3) is 89.0 Å². The number of rotatable bonds is 10. The number of nitrogens with zero attached hydrogens (tertiary/aromatic N) is 3. The number of nitrogens with one attached hydrogen (secondary N) is 4. The van der Waals surface area contributed by atoms with Crippen LogP contribution in [0, 0.1) is 0 Å². The molecule has 0 bridgehead atoms. The van der Waals surface area contributed by atoms with Crippen LogP contribution in [0.4, 0.5) is 68.2 Å². The number of hydrogen-bond acceptors (Lipinski definition) is 7. The Kier molecular flexibility index (Phi) is 17.1. The molecule has 16 aromatic rings. The van der Waals surface area contributed by atoms with Gasteiger partial charge in [0.05, 0.1) is 0 Å². The minimum absolute atomic E-state index is 0.0377. The Bertz CT molecular complexity index is 5880. The van der Waals surface area contributed by atoms with Gasteiger partial charge in [0.25, 0.3) is 0 Å². The van der Waals surface area contributed by atoms with Crippen molar-refractivity contribution in [2.24, 2.45) is 0 Å². The van der Waals surface area contributed by atoms with Gasteiger partial charge in [-0.1, -0.05) is 303 Å². The number of para-hydroxylation sites is 4. The van der Waals surface area contributed by atoms with Gasteiger partial charge < -0.3 is 35.7 Å². The summed E-state index contributed by atoms with van der Waals surface area (Å²) in [4.78, 5) is 7.95. The van der Waals surface area contributed by atoms with Gasteiger partial charge in [0.1, 0.15) is 0 Å². The fraction of sp³-hybridized carbons (Fsp3) is 0.0857. The lowest BCUT2D eigenvalue weighted by Gasteiger charge is -2.52. The lowest BCUT2D eigenvalue weighted by molar-refractivity contribution is 0.183. The standard InChI is InChI=1S/C48H28B3N3.C48H37N3.C9H19N/c1-5-17-33-29(13-1)31-15-3-7-23-39(31)52-41-25-11-27-43-47(41)45-35(49(33)52)19-9-21-37(45)51-38-22-10-20-36-46(38)48-42(26-12-28-44(48)54(43)51)53-40-24-8-4-16-32(40)30-14-2-6-18-34(30)50(36)53;1-5-19-35(20-6-1)39-27-13-15-29-41(39)49-43-31-17-33-45(47(43)37-23-9-3-10-24-37)51-46-34-18-32-44(48(46)38-25-11-4-12-26-38)50-42-30-16-14-28-40(42)36-21-7-2-8-22-36;1-8(2)6-5-7-9(3,4)10-8/h1-28H;1-34,49-51H;10H,5-7H2,1-4H3. The summed E-state index contributed by atoms with van der Waals surface area (Å²) in [6.45, 7) is 9.35. The van der Waals surface area contributed by atoms with Crippen molar-refractivity contribution in [2.45, 2.75) is 58.0 Å². The maximum absolute atomic E-state index is 3.90. The van der Waals surface area contributed by atoms with E-state index < -0.39 is 0 Å². The first-order chi connectivity index (χ1) is 56.6. The van der Waals surface area contributed by atoms with E-state index in [2.05, 4.69) is 440 Å². The Morgan fingerprint density at radius 2 is 0.470 bits per heavy atom. The second-order valence-corrected chi connectivity index (χ2v) is 32.6. The van der Waals surface area contributed by atoms with Gasteiger partial charge in [-0.05, 0) is 197 Å². The minimum atomic E-state index is 0.0377. The van der Waals surface area contributed by atoms with E-state index in [0.717, 1.165) is 67.5 Å². The van der Waals surface area contributed by atoms with Gasteiger partial charge in [0.2, 0.25) is 0 Å². The van der Waals surface area contributed by atoms with E-state index >= 15 is 0 Å². The van der Waals surface area contributed by atoms with Crippen LogP contribution in [0.1, 0.15) is 47.0 Å². The van der Waals surface area contributed by atoms with Crippen LogP contribution in [-0.2, 0) is 0 Å². The number of hydrogen-bond donors (Lipinski definition) is 4. The molecule has 1 fully saturated rings. The predicted octanol–water partition coefficient (Wildman–Crippen LogP) is 23.0. The highest BCUT2D eigenvalue weighted by Crippen LogP contribution is 2.57. The van der Waals surface area contributed by atoms with E-state index in [0.29, 0.717) is 11.1 Å². The smallest absolute Gasteiger partial charge is 0.329 e. The average molecular weight is 1480 g/mol. The maximum atomic E-state index is 3.90. The molecule has 16 aromatic carbocycles. The Morgan fingerprint density at radius 1 is 0.217 bits per heavy atom. The number of benzene rings is 16. The molecule has 115 heavy (non-hydrogen) atoms. The number of piperidine rings is 1. The molecule has 7 aliphatic rings. The van der Waals surface area contributed by atoms with E-state index in [1.807, 2.05) is 0 Å². The Balaban J connectivity index is 0.000000129. The molecule has 4 N–H and O–H groups in total. The van der Waals surface area contributed by atoms with E-state index in [1.54, 1.807) is 0 Å². The fourth-order valence-electron chi connectivity index (χ4n) is 20.1. The topological polar surface area (TPSA) is 57.8 Å². The molecule has 1 saturated heterocycles. The molecular weight excluding hydrogens is 1390 g/mol. The van der Waals surface area contributed by atoms with E-state index in [-0.39, 0.29) is 20.5 Å². The fourth-order valence-corrected chi connectivity index (χ4v) is 20.1. The summed E-state index contributed by atoms with van der Waals surface area (Å²) in [6.07, 6.45) is 4.00. The van der Waals surface area contributed by atoms with Crippen LogP contribution in [-0.4, -0.2) is 31.6 Å². The normalized spacial score (nSPS) is 14.3. The molecule has 0 unspecified atom stereocenters. The van der Waals surface area contributed by atoms with E-state index in [9.17, 15) is 0 Å². The molecule has 0 aromatic heterocycles. The van der Waals surface area contributed by atoms with Crippen molar-refractivity contribution >= 4 is 122 Å². The Morgan fingerprint density at radius 3 is 0.835 bits per heavy atom. The Labute approximate surface area is 676 Å². The van der Waals surface area contributed by atoms with Crippen molar-refractivity contribution in [2.75, 3.05) is 30.4 Å². The van der Waals surface area contributed by atoms with Crippen LogP contribution < -0.4 is 68.5 Å². The molecule has 0 aliphatic carbocycles. The molecule has 7 heterocycles. The minimum Gasteiger partial charge on any atom is -0.376 e. The molecule has 548 valence electrons. The van der Waals surface area contributed by atoms with Crippen LogP contribution in [0.3, 0.4) is 0 Å². The van der Waals surface area contributed by atoms with Gasteiger partial charge >= 0.3 is 20.5 Å². The number of anilines is 12. The SMILES string of the molecule is CC1(C)CCCC(C)(C)N1.c1ccc(-c2ccccc2Nc2cccc(Nc3cccc(Nc4ccccc4-c4ccccc4)c3-c3ccccc3)c2-c2ccccc2)cc1.c1ccc2c(c1)B1c3cccc4c3-c3c(cccc3N3B4c4cccc5c4-c4c(cccc43)N3B5c4ccccc4-c4ccccc43)N1c1ccccc1-2. The van der Waals surface area contributed by atoms with Crippen LogP contribution in [0.5, 0.6) is 0 Å². The summed E-state index contributed by atoms with van der Waals surface area (Å²) >= 11 is 0. The average Bonchev–Trinajstić information content (AvgIpc) is 0.703. The third kappa shape index (κ3) is 11.9. The highest BCUT2D eigenvalue weighted by Gasteiger charge is 2.53. The first-order valence-corrected chi connectivity index (χ1v) is 40.6. The maximum Gasteiger partial charge on any atom is 0.329 e. The van der Waals surface area contributed by atoms with Crippen molar-refractivity contribution in [3.63, 3.8) is 0 Å². The van der Waals surface area contributed by atoms with Gasteiger partial charge in [-0.2, -0.15) is 0 Å². The van der Waals surface area contributed by atoms with Crippen LogP contribution in [0.2, 0.25) is 0 Å². The van der Waals surface area contributed by atoms with E-state index in [1.165, 1.54) is 142 Å². The molecule has 0 radical (unpaired) electrons. The second-order valence-electron chi connectivity index (χ2n) is 32.6. The summed E-state index contributed by atoms with van der Waals surface area (Å²) < 4.78 is 0. The number of fused-ring (bicyclic) bond motifs is 21. The summed E-state index contributed by atoms with van der Waals surface area (Å²) in [5.74, 6) is 0. The van der Waals surface area contributed by atoms with Gasteiger partial charge in [-0.3, -0.25) is 0 Å². The molecule has 0 amide bonds. The van der Waals surface area contributed by atoms with Crippen molar-refractivity contribution in [1.29, 1.82) is 0 Å². The molecule has 7 nitrogen and oxygen atoms in total. The lowest BCUT2D eigenvalue weighted by atomic mass is 9.35. The van der Waals surface area contributed by atoms with Gasteiger partial charge in [-0.25, -0.2) is 0 Å². The molecule has 0 atom stereocenters. The first kappa shape index (κ1) is 69.4. The highest BCUT2D eigenvalue weighted by molar-refractivity contribution is 6.99. The molecule has 23 rings (SSSR count). The third-order valence-electron chi connectivity index (χ3n) is 24.6. The molecule has 0 spiro atoms. The Hall–Kier alpha value is -13.5. The first-order valence-electron chi connectivity index (χ1n) is 40.6. The van der Waals surface area contributed by atoms with Crippen molar-refractivity contribution in [1.82, 2.24) is 5.32 Å². The molecule has 0 saturated carbocycles. The van der Waals surface area contributed by atoms with Gasteiger partial charge in [0.15, 0.2) is 0 Å². The zero-order valence-electron chi connectivity index (χ0n) is 65.0. The molecule has 7 aliphatic heterocycles.